The molecular formula is C13H18O6S2. The fraction of sp³-hybridized carbons (Fsp3) is 0.462. The molecule has 0 saturated heterocycles. The fourth-order valence-corrected chi connectivity index (χ4v) is 4.42. The average Bonchev–Trinajstić information content (AvgIpc) is 2.29. The van der Waals surface area contributed by atoms with Crippen LogP contribution >= 0.6 is 0 Å². The second-order valence-electron chi connectivity index (χ2n) is 5.02. The molecule has 1 rings (SSSR count). The van der Waals surface area contributed by atoms with Gasteiger partial charge < -0.3 is 5.11 Å². The molecule has 0 bridgehead atoms. The van der Waals surface area contributed by atoms with Crippen LogP contribution in [0.3, 0.4) is 0 Å². The molecule has 0 saturated carbocycles. The molecule has 8 heteroatoms. The van der Waals surface area contributed by atoms with Crippen molar-refractivity contribution in [2.45, 2.75) is 25.2 Å². The lowest BCUT2D eigenvalue weighted by atomic mass is 10.1. The van der Waals surface area contributed by atoms with E-state index in [1.807, 2.05) is 0 Å². The molecule has 1 aromatic carbocycles. The maximum absolute atomic E-state index is 12.3. The third-order valence-electron chi connectivity index (χ3n) is 3.13. The number of carbonyl (C=O) groups is 1. The van der Waals surface area contributed by atoms with E-state index in [1.54, 1.807) is 13.8 Å². The first kappa shape index (κ1) is 17.6. The number of hydrogen-bond donors (Lipinski definition) is 1. The molecule has 0 radical (unpaired) electrons. The molecule has 0 atom stereocenters. The van der Waals surface area contributed by atoms with Crippen LogP contribution in [0, 0.1) is 13.8 Å². The predicted octanol–water partition coefficient (Wildman–Crippen LogP) is 1.21. The standard InChI is InChI=1S/C13H18O6S2/c1-9-7-11(13(14)15)8-12(10(9)2)21(18,19)6-4-5-20(3,16)17/h7-8H,4-6H2,1-3H3,(H,14,15). The molecule has 0 amide bonds. The molecule has 1 aromatic rings. The van der Waals surface area contributed by atoms with Gasteiger partial charge in [-0.3, -0.25) is 0 Å². The highest BCUT2D eigenvalue weighted by Crippen LogP contribution is 2.23. The topological polar surface area (TPSA) is 106 Å². The van der Waals surface area contributed by atoms with E-state index >= 15 is 0 Å². The van der Waals surface area contributed by atoms with Gasteiger partial charge in [0.15, 0.2) is 9.84 Å². The number of rotatable bonds is 6. The monoisotopic (exact) mass is 334 g/mol. The van der Waals surface area contributed by atoms with Gasteiger partial charge in [0.1, 0.15) is 9.84 Å². The van der Waals surface area contributed by atoms with E-state index in [9.17, 15) is 21.6 Å². The number of carboxylic acid groups (broad SMARTS) is 1. The number of aryl methyl sites for hydroxylation is 1. The Morgan fingerprint density at radius 3 is 2.14 bits per heavy atom. The van der Waals surface area contributed by atoms with Crippen LogP contribution in [0.25, 0.3) is 0 Å². The van der Waals surface area contributed by atoms with E-state index < -0.39 is 25.6 Å². The van der Waals surface area contributed by atoms with Gasteiger partial charge in [-0.1, -0.05) is 0 Å². The number of aromatic carboxylic acids is 1. The summed E-state index contributed by atoms with van der Waals surface area (Å²) >= 11 is 0. The Bertz CT molecular complexity index is 760. The summed E-state index contributed by atoms with van der Waals surface area (Å²) in [7, 11) is -6.95. The maximum Gasteiger partial charge on any atom is 0.335 e. The van der Waals surface area contributed by atoms with Crippen LogP contribution in [0.15, 0.2) is 17.0 Å². The lowest BCUT2D eigenvalue weighted by Crippen LogP contribution is -2.14. The second kappa shape index (κ2) is 6.15. The summed E-state index contributed by atoms with van der Waals surface area (Å²) in [6.45, 7) is 3.24. The lowest BCUT2D eigenvalue weighted by Gasteiger charge is -2.11. The van der Waals surface area contributed by atoms with E-state index in [4.69, 9.17) is 5.11 Å². The summed E-state index contributed by atoms with van der Waals surface area (Å²) in [5, 5.41) is 9.00. The van der Waals surface area contributed by atoms with Gasteiger partial charge in [0, 0.05) is 6.26 Å². The zero-order chi connectivity index (χ0) is 16.4. The van der Waals surface area contributed by atoms with Crippen molar-refractivity contribution in [3.05, 3.63) is 28.8 Å². The first-order chi connectivity index (χ1) is 9.44. The molecule has 21 heavy (non-hydrogen) atoms. The molecule has 0 aliphatic rings. The Hall–Kier alpha value is -1.41. The first-order valence-electron chi connectivity index (χ1n) is 6.19. The van der Waals surface area contributed by atoms with Crippen molar-refractivity contribution in [3.8, 4) is 0 Å². The second-order valence-corrected chi connectivity index (χ2v) is 9.36. The highest BCUT2D eigenvalue weighted by atomic mass is 32.2. The Labute approximate surface area is 124 Å². The van der Waals surface area contributed by atoms with E-state index in [1.165, 1.54) is 6.07 Å². The largest absolute Gasteiger partial charge is 0.478 e. The zero-order valence-corrected chi connectivity index (χ0v) is 13.7. The zero-order valence-electron chi connectivity index (χ0n) is 12.1. The Morgan fingerprint density at radius 2 is 1.67 bits per heavy atom. The normalized spacial score (nSPS) is 12.3. The molecule has 1 N–H and O–H groups in total. The SMILES string of the molecule is Cc1cc(C(=O)O)cc(S(=O)(=O)CCCS(C)(=O)=O)c1C. The van der Waals surface area contributed by atoms with Crippen molar-refractivity contribution in [3.63, 3.8) is 0 Å². The molecule has 0 heterocycles. The summed E-state index contributed by atoms with van der Waals surface area (Å²) in [6.07, 6.45) is 1.02. The van der Waals surface area contributed by atoms with Crippen molar-refractivity contribution in [2.24, 2.45) is 0 Å². The van der Waals surface area contributed by atoms with E-state index in [-0.39, 0.29) is 28.4 Å². The minimum absolute atomic E-state index is 0.0169. The fourth-order valence-electron chi connectivity index (χ4n) is 1.89. The van der Waals surface area contributed by atoms with Gasteiger partial charge in [0.2, 0.25) is 0 Å². The molecular weight excluding hydrogens is 316 g/mol. The van der Waals surface area contributed by atoms with E-state index in [2.05, 4.69) is 0 Å². The molecule has 0 unspecified atom stereocenters. The van der Waals surface area contributed by atoms with E-state index in [0.717, 1.165) is 12.3 Å². The summed E-state index contributed by atoms with van der Waals surface area (Å²) in [5.74, 6) is -1.75. The third kappa shape index (κ3) is 4.82. The van der Waals surface area contributed by atoms with Crippen molar-refractivity contribution in [1.82, 2.24) is 0 Å². The van der Waals surface area contributed by atoms with Gasteiger partial charge in [-0.05, 0) is 43.5 Å². The molecule has 118 valence electrons. The minimum atomic E-state index is -3.72. The van der Waals surface area contributed by atoms with Gasteiger partial charge in [-0.15, -0.1) is 0 Å². The van der Waals surface area contributed by atoms with Crippen molar-refractivity contribution in [2.75, 3.05) is 17.8 Å². The van der Waals surface area contributed by atoms with Gasteiger partial charge in [-0.25, -0.2) is 21.6 Å². The van der Waals surface area contributed by atoms with Gasteiger partial charge in [-0.2, -0.15) is 0 Å². The van der Waals surface area contributed by atoms with Gasteiger partial charge >= 0.3 is 5.97 Å². The molecule has 0 aliphatic heterocycles. The van der Waals surface area contributed by atoms with Gasteiger partial charge in [0.05, 0.1) is 22.0 Å². The van der Waals surface area contributed by atoms with Crippen molar-refractivity contribution < 1.29 is 26.7 Å². The third-order valence-corrected chi connectivity index (χ3v) is 6.08. The molecule has 0 aliphatic carbocycles. The number of benzene rings is 1. The predicted molar refractivity (Wildman–Crippen MR) is 79.3 cm³/mol. The van der Waals surface area contributed by atoms with Crippen LogP contribution < -0.4 is 0 Å². The number of sulfone groups is 2. The Balaban J connectivity index is 3.16. The summed E-state index contributed by atoms with van der Waals surface area (Å²) in [5.41, 5.74) is 0.954. The Kier molecular flexibility index (Phi) is 5.16. The van der Waals surface area contributed by atoms with Crippen molar-refractivity contribution in [1.29, 1.82) is 0 Å². The highest BCUT2D eigenvalue weighted by molar-refractivity contribution is 7.92. The maximum atomic E-state index is 12.3. The number of hydrogen-bond acceptors (Lipinski definition) is 5. The molecule has 0 aromatic heterocycles. The summed E-state index contributed by atoms with van der Waals surface area (Å²) in [6, 6.07) is 2.54. The molecule has 6 nitrogen and oxygen atoms in total. The number of carboxylic acids is 1. The van der Waals surface area contributed by atoms with Crippen LogP contribution in [0.5, 0.6) is 0 Å². The van der Waals surface area contributed by atoms with Crippen molar-refractivity contribution >= 4 is 25.6 Å². The smallest absolute Gasteiger partial charge is 0.335 e. The lowest BCUT2D eigenvalue weighted by molar-refractivity contribution is 0.0696. The average molecular weight is 334 g/mol. The first-order valence-corrected chi connectivity index (χ1v) is 9.90. The van der Waals surface area contributed by atoms with E-state index in [0.29, 0.717) is 11.1 Å². The minimum Gasteiger partial charge on any atom is -0.478 e. The van der Waals surface area contributed by atoms with Crippen LogP contribution in [-0.4, -0.2) is 45.7 Å². The Morgan fingerprint density at radius 1 is 1.10 bits per heavy atom. The summed E-state index contributed by atoms with van der Waals surface area (Å²) < 4.78 is 46.6. The quantitative estimate of drug-likeness (QED) is 0.838. The highest BCUT2D eigenvalue weighted by Gasteiger charge is 2.21. The summed E-state index contributed by atoms with van der Waals surface area (Å²) in [4.78, 5) is 11.0. The van der Waals surface area contributed by atoms with Crippen LogP contribution in [-0.2, 0) is 19.7 Å². The molecule has 0 fully saturated rings. The van der Waals surface area contributed by atoms with Crippen LogP contribution in [0.2, 0.25) is 0 Å². The molecule has 0 spiro atoms. The van der Waals surface area contributed by atoms with Gasteiger partial charge in [0.25, 0.3) is 0 Å². The van der Waals surface area contributed by atoms with Crippen LogP contribution in [0.4, 0.5) is 0 Å². The van der Waals surface area contributed by atoms with Crippen LogP contribution in [0.1, 0.15) is 27.9 Å².